The SMILES string of the molecule is CC(C)(C)NC(=O)CNC(=O)c1csc(-c2ccccc2)n1. The van der Waals surface area contributed by atoms with Crippen molar-refractivity contribution >= 4 is 23.2 Å². The molecule has 0 unspecified atom stereocenters. The number of amides is 2. The van der Waals surface area contributed by atoms with Crippen molar-refractivity contribution in [2.75, 3.05) is 6.54 Å². The Balaban J connectivity index is 1.94. The number of hydrogen-bond donors (Lipinski definition) is 2. The minimum absolute atomic E-state index is 0.0612. The summed E-state index contributed by atoms with van der Waals surface area (Å²) in [7, 11) is 0. The van der Waals surface area contributed by atoms with Gasteiger partial charge >= 0.3 is 0 Å². The summed E-state index contributed by atoms with van der Waals surface area (Å²) in [5.41, 5.74) is 0.979. The lowest BCUT2D eigenvalue weighted by atomic mass is 10.1. The molecule has 0 aliphatic heterocycles. The second kappa shape index (κ2) is 6.70. The van der Waals surface area contributed by atoms with E-state index in [4.69, 9.17) is 0 Å². The first-order valence-corrected chi connectivity index (χ1v) is 7.83. The van der Waals surface area contributed by atoms with Crippen molar-refractivity contribution in [2.45, 2.75) is 26.3 Å². The van der Waals surface area contributed by atoms with Crippen LogP contribution >= 0.6 is 11.3 Å². The highest BCUT2D eigenvalue weighted by Gasteiger charge is 2.16. The molecule has 2 rings (SSSR count). The molecule has 2 amide bonds. The molecule has 1 aromatic heterocycles. The monoisotopic (exact) mass is 317 g/mol. The molecule has 116 valence electrons. The lowest BCUT2D eigenvalue weighted by Gasteiger charge is -2.20. The molecule has 6 heteroatoms. The zero-order valence-corrected chi connectivity index (χ0v) is 13.7. The van der Waals surface area contributed by atoms with Crippen molar-refractivity contribution in [1.29, 1.82) is 0 Å². The first-order chi connectivity index (χ1) is 10.3. The Labute approximate surface area is 133 Å². The molecule has 22 heavy (non-hydrogen) atoms. The van der Waals surface area contributed by atoms with Crippen molar-refractivity contribution in [1.82, 2.24) is 15.6 Å². The summed E-state index contributed by atoms with van der Waals surface area (Å²) < 4.78 is 0. The molecule has 2 N–H and O–H groups in total. The third-order valence-electron chi connectivity index (χ3n) is 2.68. The van der Waals surface area contributed by atoms with Gasteiger partial charge in [-0.25, -0.2) is 4.98 Å². The van der Waals surface area contributed by atoms with Gasteiger partial charge in [0.2, 0.25) is 5.91 Å². The van der Waals surface area contributed by atoms with E-state index in [2.05, 4.69) is 15.6 Å². The molecule has 0 fully saturated rings. The zero-order valence-electron chi connectivity index (χ0n) is 12.8. The second-order valence-electron chi connectivity index (χ2n) is 5.88. The molecule has 0 saturated carbocycles. The van der Waals surface area contributed by atoms with Crippen LogP contribution in [0.25, 0.3) is 10.6 Å². The molecule has 2 aromatic rings. The fourth-order valence-corrected chi connectivity index (χ4v) is 2.61. The average Bonchev–Trinajstić information content (AvgIpc) is 2.94. The van der Waals surface area contributed by atoms with Gasteiger partial charge in [-0.1, -0.05) is 30.3 Å². The molecule has 0 saturated heterocycles. The number of aromatic nitrogens is 1. The van der Waals surface area contributed by atoms with Crippen LogP contribution in [0.15, 0.2) is 35.7 Å². The summed E-state index contributed by atoms with van der Waals surface area (Å²) in [5.74, 6) is -0.568. The fraction of sp³-hybridized carbons (Fsp3) is 0.312. The smallest absolute Gasteiger partial charge is 0.271 e. The van der Waals surface area contributed by atoms with Gasteiger partial charge in [0.1, 0.15) is 10.7 Å². The predicted octanol–water partition coefficient (Wildman–Crippen LogP) is 2.45. The van der Waals surface area contributed by atoms with Crippen LogP contribution < -0.4 is 10.6 Å². The van der Waals surface area contributed by atoms with Crippen molar-refractivity contribution < 1.29 is 9.59 Å². The maximum atomic E-state index is 12.0. The molecule has 0 spiro atoms. The van der Waals surface area contributed by atoms with Crippen LogP contribution in [0.5, 0.6) is 0 Å². The lowest BCUT2D eigenvalue weighted by molar-refractivity contribution is -0.121. The lowest BCUT2D eigenvalue weighted by Crippen LogP contribution is -2.45. The highest BCUT2D eigenvalue weighted by Crippen LogP contribution is 2.23. The Morgan fingerprint density at radius 1 is 1.18 bits per heavy atom. The zero-order chi connectivity index (χ0) is 16.2. The fourth-order valence-electron chi connectivity index (χ4n) is 1.80. The summed E-state index contributed by atoms with van der Waals surface area (Å²) in [6, 6.07) is 9.66. The van der Waals surface area contributed by atoms with Crippen LogP contribution in [-0.4, -0.2) is 28.9 Å². The van der Waals surface area contributed by atoms with E-state index in [0.717, 1.165) is 10.6 Å². The molecule has 0 atom stereocenters. The van der Waals surface area contributed by atoms with Crippen molar-refractivity contribution in [3.63, 3.8) is 0 Å². The number of benzene rings is 1. The molecular formula is C16H19N3O2S. The van der Waals surface area contributed by atoms with Gasteiger partial charge in [-0.3, -0.25) is 9.59 Å². The third kappa shape index (κ3) is 4.66. The largest absolute Gasteiger partial charge is 0.350 e. The summed E-state index contributed by atoms with van der Waals surface area (Å²) in [6.07, 6.45) is 0. The second-order valence-corrected chi connectivity index (χ2v) is 6.74. The standard InChI is InChI=1S/C16H19N3O2S/c1-16(2,3)19-13(20)9-17-14(21)12-10-22-15(18-12)11-7-5-4-6-8-11/h4-8,10H,9H2,1-3H3,(H,17,21)(H,19,20). The number of carbonyl (C=O) groups excluding carboxylic acids is 2. The van der Waals surface area contributed by atoms with Gasteiger partial charge in [0.15, 0.2) is 0 Å². The first-order valence-electron chi connectivity index (χ1n) is 6.95. The molecule has 0 radical (unpaired) electrons. The maximum Gasteiger partial charge on any atom is 0.271 e. The van der Waals surface area contributed by atoms with Gasteiger partial charge in [0.05, 0.1) is 6.54 Å². The van der Waals surface area contributed by atoms with Gasteiger partial charge < -0.3 is 10.6 Å². The van der Waals surface area contributed by atoms with Crippen LogP contribution in [0.2, 0.25) is 0 Å². The van der Waals surface area contributed by atoms with Crippen LogP contribution in [0.4, 0.5) is 0 Å². The molecular weight excluding hydrogens is 298 g/mol. The summed E-state index contributed by atoms with van der Waals surface area (Å²) in [6.45, 7) is 5.60. The van der Waals surface area contributed by atoms with Gasteiger partial charge in [-0.15, -0.1) is 11.3 Å². The number of thiazole rings is 1. The Hall–Kier alpha value is -2.21. The molecule has 0 aliphatic rings. The van der Waals surface area contributed by atoms with Crippen molar-refractivity contribution in [2.24, 2.45) is 0 Å². The average molecular weight is 317 g/mol. The number of carbonyl (C=O) groups is 2. The van der Waals surface area contributed by atoms with E-state index in [1.54, 1.807) is 5.38 Å². The summed E-state index contributed by atoms with van der Waals surface area (Å²) >= 11 is 1.40. The van der Waals surface area contributed by atoms with E-state index in [0.29, 0.717) is 5.69 Å². The topological polar surface area (TPSA) is 71.1 Å². The van der Waals surface area contributed by atoms with Gasteiger partial charge in [0, 0.05) is 16.5 Å². The predicted molar refractivity (Wildman–Crippen MR) is 87.8 cm³/mol. The normalized spacial score (nSPS) is 11.0. The quantitative estimate of drug-likeness (QED) is 0.910. The Bertz CT molecular complexity index is 660. The van der Waals surface area contributed by atoms with Crippen LogP contribution in [0.1, 0.15) is 31.3 Å². The Morgan fingerprint density at radius 2 is 1.86 bits per heavy atom. The van der Waals surface area contributed by atoms with E-state index < -0.39 is 0 Å². The Kier molecular flexibility index (Phi) is 4.92. The summed E-state index contributed by atoms with van der Waals surface area (Å²) in [4.78, 5) is 28.0. The third-order valence-corrected chi connectivity index (χ3v) is 3.57. The first kappa shape index (κ1) is 16.2. The maximum absolute atomic E-state index is 12.0. The summed E-state index contributed by atoms with van der Waals surface area (Å²) in [5, 5.41) is 7.84. The number of hydrogen-bond acceptors (Lipinski definition) is 4. The number of nitrogens with zero attached hydrogens (tertiary/aromatic N) is 1. The van der Waals surface area contributed by atoms with E-state index in [1.807, 2.05) is 51.1 Å². The molecule has 1 heterocycles. The number of rotatable bonds is 4. The van der Waals surface area contributed by atoms with E-state index in [-0.39, 0.29) is 23.9 Å². The minimum atomic E-state index is -0.345. The van der Waals surface area contributed by atoms with E-state index in [1.165, 1.54) is 11.3 Å². The van der Waals surface area contributed by atoms with Gasteiger partial charge in [-0.2, -0.15) is 0 Å². The highest BCUT2D eigenvalue weighted by atomic mass is 32.1. The van der Waals surface area contributed by atoms with E-state index in [9.17, 15) is 9.59 Å². The highest BCUT2D eigenvalue weighted by molar-refractivity contribution is 7.13. The van der Waals surface area contributed by atoms with E-state index >= 15 is 0 Å². The molecule has 0 bridgehead atoms. The van der Waals surface area contributed by atoms with Crippen molar-refractivity contribution in [3.8, 4) is 10.6 Å². The number of nitrogens with one attached hydrogen (secondary N) is 2. The minimum Gasteiger partial charge on any atom is -0.350 e. The van der Waals surface area contributed by atoms with Crippen LogP contribution in [-0.2, 0) is 4.79 Å². The molecule has 5 nitrogen and oxygen atoms in total. The Morgan fingerprint density at radius 3 is 2.50 bits per heavy atom. The van der Waals surface area contributed by atoms with Crippen LogP contribution in [0, 0.1) is 0 Å². The van der Waals surface area contributed by atoms with Crippen molar-refractivity contribution in [3.05, 3.63) is 41.4 Å². The van der Waals surface area contributed by atoms with Crippen LogP contribution in [0.3, 0.4) is 0 Å². The van der Waals surface area contributed by atoms with Gasteiger partial charge in [-0.05, 0) is 20.8 Å². The molecule has 0 aliphatic carbocycles. The van der Waals surface area contributed by atoms with Gasteiger partial charge in [0.25, 0.3) is 5.91 Å². The molecule has 1 aromatic carbocycles.